The van der Waals surface area contributed by atoms with Gasteiger partial charge in [0.05, 0.1) is 5.56 Å². The quantitative estimate of drug-likeness (QED) is 0.244. The summed E-state index contributed by atoms with van der Waals surface area (Å²) in [5.74, 6) is -1.06. The smallest absolute Gasteiger partial charge is 0.269 e. The van der Waals surface area contributed by atoms with Crippen molar-refractivity contribution >= 4 is 55.8 Å². The fourth-order valence-electron chi connectivity index (χ4n) is 4.28. The van der Waals surface area contributed by atoms with Crippen molar-refractivity contribution in [3.63, 3.8) is 0 Å². The molecule has 3 heterocycles. The van der Waals surface area contributed by atoms with Crippen molar-refractivity contribution in [1.29, 1.82) is 5.26 Å². The number of nitrogens with two attached hydrogens (primary N) is 1. The van der Waals surface area contributed by atoms with E-state index < -0.39 is 17.4 Å². The number of carbonyl (C=O) groups excluding carboxylic acids is 2. The third kappa shape index (κ3) is 4.96. The van der Waals surface area contributed by atoms with Gasteiger partial charge in [-0.15, -0.1) is 11.3 Å². The second kappa shape index (κ2) is 10.6. The van der Waals surface area contributed by atoms with E-state index in [-0.39, 0.29) is 22.6 Å². The Morgan fingerprint density at radius 2 is 1.95 bits per heavy atom. The molecule has 11 heteroatoms. The topological polar surface area (TPSA) is 140 Å². The first-order chi connectivity index (χ1) is 18.4. The number of hydrogen-bond donors (Lipinski definition) is 2. The number of aryl methyl sites for hydroxylation is 1. The van der Waals surface area contributed by atoms with E-state index in [1.54, 1.807) is 42.5 Å². The number of halogens is 1. The molecule has 0 aliphatic heterocycles. The Labute approximate surface area is 229 Å². The lowest BCUT2D eigenvalue weighted by molar-refractivity contribution is -0.112. The first kappa shape index (κ1) is 25.4. The number of hydrogen-bond acceptors (Lipinski definition) is 7. The van der Waals surface area contributed by atoms with Gasteiger partial charge < -0.3 is 15.8 Å². The molecule has 0 radical (unpaired) electrons. The van der Waals surface area contributed by atoms with Crippen LogP contribution in [0.3, 0.4) is 0 Å². The molecular formula is C27H20BrN5O4S. The maximum atomic E-state index is 13.4. The van der Waals surface area contributed by atoms with Gasteiger partial charge in [-0.05, 0) is 73.7 Å². The van der Waals surface area contributed by atoms with Crippen LogP contribution in [-0.2, 0) is 17.6 Å². The van der Waals surface area contributed by atoms with Crippen LogP contribution in [0.1, 0.15) is 39.2 Å². The number of nitrogens with zero attached hydrogens (tertiary/aromatic N) is 3. The van der Waals surface area contributed by atoms with Crippen molar-refractivity contribution < 1.29 is 14.3 Å². The minimum Gasteiger partial charge on any atom is -0.438 e. The fraction of sp³-hybridized carbons (Fsp3) is 0.148. The summed E-state index contributed by atoms with van der Waals surface area (Å²) in [7, 11) is 0. The molecule has 3 N–H and O–H groups in total. The maximum Gasteiger partial charge on any atom is 0.269 e. The molecule has 0 saturated carbocycles. The SMILES string of the molecule is N#C/C(=C\c1c(Oc2ccc(Br)cc2)nc2ccccn2c1=O)C(=O)Nc1sc2c(c1C(N)=O)CCCC2. The summed E-state index contributed by atoms with van der Waals surface area (Å²) in [6, 6.07) is 13.8. The van der Waals surface area contributed by atoms with Gasteiger partial charge in [0.2, 0.25) is 5.88 Å². The lowest BCUT2D eigenvalue weighted by atomic mass is 9.95. The van der Waals surface area contributed by atoms with Crippen LogP contribution in [0.2, 0.25) is 0 Å². The molecule has 0 unspecified atom stereocenters. The predicted molar refractivity (Wildman–Crippen MR) is 147 cm³/mol. The Morgan fingerprint density at radius 3 is 2.68 bits per heavy atom. The van der Waals surface area contributed by atoms with E-state index in [0.717, 1.165) is 40.3 Å². The molecule has 1 aliphatic rings. The van der Waals surface area contributed by atoms with E-state index in [0.29, 0.717) is 22.8 Å². The molecule has 4 aromatic rings. The summed E-state index contributed by atoms with van der Waals surface area (Å²) in [5.41, 5.74) is 6.14. The van der Waals surface area contributed by atoms with Crippen LogP contribution in [0.5, 0.6) is 11.6 Å². The van der Waals surface area contributed by atoms with Gasteiger partial charge in [0.15, 0.2) is 0 Å². The standard InChI is InChI=1S/C27H20BrN5O4S/c28-16-8-10-17(11-9-16)37-25-19(27(36)33-12-4-3-7-21(33)31-25)13-15(14-29)24(35)32-26-22(23(30)34)18-5-1-2-6-20(18)38-26/h3-4,7-13H,1-2,5-6H2,(H2,30,34)(H,32,35)/b15-13+. The summed E-state index contributed by atoms with van der Waals surface area (Å²) < 4.78 is 8.05. The van der Waals surface area contributed by atoms with E-state index in [9.17, 15) is 19.6 Å². The molecule has 0 spiro atoms. The second-order valence-corrected chi connectivity index (χ2v) is 10.5. The van der Waals surface area contributed by atoms with E-state index in [4.69, 9.17) is 10.5 Å². The highest BCUT2D eigenvalue weighted by molar-refractivity contribution is 9.10. The molecule has 5 rings (SSSR count). The summed E-state index contributed by atoms with van der Waals surface area (Å²) in [5, 5.41) is 12.8. The van der Waals surface area contributed by atoms with Crippen LogP contribution >= 0.6 is 27.3 Å². The summed E-state index contributed by atoms with van der Waals surface area (Å²) >= 11 is 4.65. The average Bonchev–Trinajstić information content (AvgIpc) is 3.28. The van der Waals surface area contributed by atoms with Crippen LogP contribution in [-0.4, -0.2) is 21.2 Å². The number of nitriles is 1. The van der Waals surface area contributed by atoms with Gasteiger partial charge in [0, 0.05) is 15.5 Å². The number of anilines is 1. The molecule has 1 aromatic carbocycles. The van der Waals surface area contributed by atoms with Gasteiger partial charge >= 0.3 is 0 Å². The number of carbonyl (C=O) groups is 2. The van der Waals surface area contributed by atoms with Crippen molar-refractivity contribution in [1.82, 2.24) is 9.38 Å². The zero-order valence-corrected chi connectivity index (χ0v) is 22.3. The van der Waals surface area contributed by atoms with Crippen LogP contribution in [0.25, 0.3) is 11.7 Å². The summed E-state index contributed by atoms with van der Waals surface area (Å²) in [6.45, 7) is 0. The van der Waals surface area contributed by atoms with E-state index >= 15 is 0 Å². The lowest BCUT2D eigenvalue weighted by Crippen LogP contribution is -2.21. The van der Waals surface area contributed by atoms with Crippen LogP contribution in [0.15, 0.2) is 63.5 Å². The number of fused-ring (bicyclic) bond motifs is 2. The molecule has 0 saturated heterocycles. The highest BCUT2D eigenvalue weighted by Gasteiger charge is 2.26. The number of pyridine rings is 1. The van der Waals surface area contributed by atoms with E-state index in [1.807, 2.05) is 6.07 Å². The molecule has 0 bridgehead atoms. The summed E-state index contributed by atoms with van der Waals surface area (Å²) in [4.78, 5) is 44.2. The van der Waals surface area contributed by atoms with Crippen molar-refractivity contribution in [2.45, 2.75) is 25.7 Å². The fourth-order valence-corrected chi connectivity index (χ4v) is 5.83. The van der Waals surface area contributed by atoms with Gasteiger partial charge in [0.25, 0.3) is 17.4 Å². The Morgan fingerprint density at radius 1 is 1.18 bits per heavy atom. The van der Waals surface area contributed by atoms with Crippen molar-refractivity contribution in [2.75, 3.05) is 5.32 Å². The number of aromatic nitrogens is 2. The van der Waals surface area contributed by atoms with Gasteiger partial charge in [-0.2, -0.15) is 10.2 Å². The monoisotopic (exact) mass is 589 g/mol. The minimum atomic E-state index is -0.777. The Bertz CT molecular complexity index is 1720. The van der Waals surface area contributed by atoms with Crippen LogP contribution in [0, 0.1) is 11.3 Å². The Kier molecular flexibility index (Phi) is 7.09. The molecule has 9 nitrogen and oxygen atoms in total. The molecule has 2 amide bonds. The van der Waals surface area contributed by atoms with Crippen LogP contribution < -0.4 is 21.3 Å². The number of rotatable bonds is 6. The molecule has 38 heavy (non-hydrogen) atoms. The van der Waals surface area contributed by atoms with Crippen LogP contribution in [0.4, 0.5) is 5.00 Å². The third-order valence-corrected chi connectivity index (χ3v) is 7.80. The first-order valence-corrected chi connectivity index (χ1v) is 13.3. The lowest BCUT2D eigenvalue weighted by Gasteiger charge is -2.11. The highest BCUT2D eigenvalue weighted by Crippen LogP contribution is 2.38. The number of benzene rings is 1. The third-order valence-electron chi connectivity index (χ3n) is 6.06. The molecule has 3 aromatic heterocycles. The Hall–Kier alpha value is -4.27. The van der Waals surface area contributed by atoms with Gasteiger partial charge in [-0.25, -0.2) is 0 Å². The van der Waals surface area contributed by atoms with E-state index in [2.05, 4.69) is 26.2 Å². The second-order valence-electron chi connectivity index (χ2n) is 8.52. The number of thiophene rings is 1. The van der Waals surface area contributed by atoms with Crippen molar-refractivity contribution in [3.8, 4) is 17.7 Å². The van der Waals surface area contributed by atoms with Gasteiger partial charge in [-0.1, -0.05) is 22.0 Å². The largest absolute Gasteiger partial charge is 0.438 e. The Balaban J connectivity index is 1.56. The highest BCUT2D eigenvalue weighted by atomic mass is 79.9. The molecule has 1 aliphatic carbocycles. The number of amides is 2. The number of ether oxygens (including phenoxy) is 1. The van der Waals surface area contributed by atoms with E-state index in [1.165, 1.54) is 21.9 Å². The van der Waals surface area contributed by atoms with Crippen molar-refractivity contribution in [3.05, 3.63) is 90.6 Å². The number of primary amides is 1. The normalized spacial score (nSPS) is 13.0. The van der Waals surface area contributed by atoms with Gasteiger partial charge in [0.1, 0.15) is 33.6 Å². The molecular weight excluding hydrogens is 570 g/mol. The predicted octanol–water partition coefficient (Wildman–Crippen LogP) is 4.83. The number of nitrogens with one attached hydrogen (secondary N) is 1. The minimum absolute atomic E-state index is 0.0616. The first-order valence-electron chi connectivity index (χ1n) is 11.7. The average molecular weight is 590 g/mol. The molecule has 190 valence electrons. The maximum absolute atomic E-state index is 13.4. The summed E-state index contributed by atoms with van der Waals surface area (Å²) in [6.07, 6.45) is 6.11. The molecule has 0 atom stereocenters. The molecule has 0 fully saturated rings. The van der Waals surface area contributed by atoms with Crippen molar-refractivity contribution in [2.24, 2.45) is 5.73 Å². The van der Waals surface area contributed by atoms with Gasteiger partial charge in [-0.3, -0.25) is 18.8 Å². The zero-order valence-electron chi connectivity index (χ0n) is 19.9. The zero-order chi connectivity index (χ0) is 26.8.